The van der Waals surface area contributed by atoms with Crippen molar-refractivity contribution in [3.63, 3.8) is 0 Å². The number of ether oxygens (including phenoxy) is 2. The Kier molecular flexibility index (Phi) is 5.92. The van der Waals surface area contributed by atoms with E-state index >= 15 is 0 Å². The van der Waals surface area contributed by atoms with Crippen LogP contribution in [0, 0.1) is 5.82 Å². The summed E-state index contributed by atoms with van der Waals surface area (Å²) in [4.78, 5) is 12.1. The molecule has 0 aromatic heterocycles. The van der Waals surface area contributed by atoms with Crippen LogP contribution >= 0.6 is 0 Å². The first-order chi connectivity index (χ1) is 9.10. The fourth-order valence-corrected chi connectivity index (χ4v) is 2.04. The zero-order chi connectivity index (χ0) is 14.3. The third-order valence-electron chi connectivity index (χ3n) is 3.13. The molecule has 1 aromatic rings. The van der Waals surface area contributed by atoms with E-state index in [4.69, 9.17) is 9.47 Å². The maximum atomic E-state index is 13.0. The highest BCUT2D eigenvalue weighted by atomic mass is 19.1. The van der Waals surface area contributed by atoms with Crippen LogP contribution in [-0.4, -0.2) is 33.3 Å². The molecule has 0 aliphatic rings. The molecule has 0 amide bonds. The van der Waals surface area contributed by atoms with Gasteiger partial charge in [-0.2, -0.15) is 0 Å². The molecule has 5 heteroatoms. The molecule has 0 saturated carbocycles. The van der Waals surface area contributed by atoms with Gasteiger partial charge in [-0.25, -0.2) is 9.18 Å². The van der Waals surface area contributed by atoms with E-state index in [9.17, 15) is 9.18 Å². The maximum Gasteiger partial charge on any atom is 0.330 e. The molecule has 1 atom stereocenters. The Morgan fingerprint density at radius 1 is 1.32 bits per heavy atom. The van der Waals surface area contributed by atoms with Gasteiger partial charge >= 0.3 is 5.97 Å². The van der Waals surface area contributed by atoms with Crippen LogP contribution in [0.2, 0.25) is 0 Å². The molecular weight excluding hydrogens is 249 g/mol. The van der Waals surface area contributed by atoms with Crippen molar-refractivity contribution in [1.82, 2.24) is 5.32 Å². The van der Waals surface area contributed by atoms with E-state index in [-0.39, 0.29) is 5.82 Å². The van der Waals surface area contributed by atoms with Crippen molar-refractivity contribution >= 4 is 5.97 Å². The maximum absolute atomic E-state index is 13.0. The largest absolute Gasteiger partial charge is 0.467 e. The van der Waals surface area contributed by atoms with Gasteiger partial charge < -0.3 is 9.47 Å². The van der Waals surface area contributed by atoms with Gasteiger partial charge in [-0.05, 0) is 24.1 Å². The molecule has 1 aromatic carbocycles. The summed E-state index contributed by atoms with van der Waals surface area (Å²) in [5.74, 6) is -0.728. The molecule has 4 nitrogen and oxygen atoms in total. The van der Waals surface area contributed by atoms with Crippen LogP contribution in [0.5, 0.6) is 0 Å². The first kappa shape index (κ1) is 15.6. The standard InChI is InChI=1S/C14H20FNO3/c1-4-14(13(17)19-3,16-9-10-18-2)11-5-7-12(15)8-6-11/h5-8,16H,4,9-10H2,1-3H3. The monoisotopic (exact) mass is 269 g/mol. The predicted octanol–water partition coefficient (Wildman–Crippen LogP) is 1.84. The molecule has 0 aliphatic carbocycles. The molecule has 0 spiro atoms. The number of halogens is 1. The lowest BCUT2D eigenvalue weighted by Gasteiger charge is -2.31. The lowest BCUT2D eigenvalue weighted by molar-refractivity contribution is -0.149. The summed E-state index contributed by atoms with van der Waals surface area (Å²) in [6, 6.07) is 5.85. The molecule has 0 fully saturated rings. The Morgan fingerprint density at radius 3 is 2.42 bits per heavy atom. The fourth-order valence-electron chi connectivity index (χ4n) is 2.04. The van der Waals surface area contributed by atoms with Gasteiger partial charge in [0.15, 0.2) is 0 Å². The van der Waals surface area contributed by atoms with Crippen LogP contribution in [0.4, 0.5) is 4.39 Å². The summed E-state index contributed by atoms with van der Waals surface area (Å²) in [5.41, 5.74) is -0.291. The third-order valence-corrected chi connectivity index (χ3v) is 3.13. The second-order valence-electron chi connectivity index (χ2n) is 4.18. The number of esters is 1. The van der Waals surface area contributed by atoms with E-state index in [0.29, 0.717) is 25.1 Å². The van der Waals surface area contributed by atoms with Crippen LogP contribution in [0.3, 0.4) is 0 Å². The molecule has 0 bridgehead atoms. The highest BCUT2D eigenvalue weighted by molar-refractivity contribution is 5.82. The second kappa shape index (κ2) is 7.21. The van der Waals surface area contributed by atoms with Crippen LogP contribution in [0.15, 0.2) is 24.3 Å². The molecule has 0 radical (unpaired) electrons. The third kappa shape index (κ3) is 3.52. The van der Waals surface area contributed by atoms with Gasteiger partial charge in [0.1, 0.15) is 11.4 Å². The first-order valence-electron chi connectivity index (χ1n) is 6.19. The Balaban J connectivity index is 3.08. The Bertz CT molecular complexity index is 408. The number of carbonyl (C=O) groups is 1. The summed E-state index contributed by atoms with van der Waals surface area (Å²) in [6.07, 6.45) is 0.495. The van der Waals surface area contributed by atoms with Gasteiger partial charge in [-0.1, -0.05) is 19.1 Å². The average Bonchev–Trinajstić information content (AvgIpc) is 2.44. The molecule has 106 valence electrons. The van der Waals surface area contributed by atoms with Crippen LogP contribution < -0.4 is 5.32 Å². The van der Waals surface area contributed by atoms with Crippen molar-refractivity contribution in [3.05, 3.63) is 35.6 Å². The van der Waals surface area contributed by atoms with Crippen molar-refractivity contribution in [2.45, 2.75) is 18.9 Å². The minimum atomic E-state index is -0.971. The van der Waals surface area contributed by atoms with Crippen LogP contribution in [0.25, 0.3) is 0 Å². The first-order valence-corrected chi connectivity index (χ1v) is 6.19. The molecule has 0 saturated heterocycles. The highest BCUT2D eigenvalue weighted by Crippen LogP contribution is 2.26. The smallest absolute Gasteiger partial charge is 0.330 e. The van der Waals surface area contributed by atoms with Crippen molar-refractivity contribution in [3.8, 4) is 0 Å². The molecule has 1 N–H and O–H groups in total. The Morgan fingerprint density at radius 2 is 1.95 bits per heavy atom. The minimum absolute atomic E-state index is 0.337. The highest BCUT2D eigenvalue weighted by Gasteiger charge is 2.39. The molecule has 0 heterocycles. The number of carbonyl (C=O) groups excluding carboxylic acids is 1. The number of benzene rings is 1. The molecule has 1 rings (SSSR count). The molecule has 0 aliphatic heterocycles. The summed E-state index contributed by atoms with van der Waals surface area (Å²) in [6.45, 7) is 2.84. The van der Waals surface area contributed by atoms with Gasteiger partial charge in [0.2, 0.25) is 0 Å². The Hall–Kier alpha value is -1.46. The number of hydrogen-bond acceptors (Lipinski definition) is 4. The molecule has 1 unspecified atom stereocenters. The van der Waals surface area contributed by atoms with E-state index in [1.54, 1.807) is 19.2 Å². The van der Waals surface area contributed by atoms with Crippen molar-refractivity contribution in [2.75, 3.05) is 27.4 Å². The lowest BCUT2D eigenvalue weighted by Crippen LogP contribution is -2.50. The van der Waals surface area contributed by atoms with Gasteiger partial charge in [-0.15, -0.1) is 0 Å². The second-order valence-corrected chi connectivity index (χ2v) is 4.18. The molecular formula is C14H20FNO3. The van der Waals surface area contributed by atoms with E-state index in [2.05, 4.69) is 5.32 Å². The molecule has 19 heavy (non-hydrogen) atoms. The van der Waals surface area contributed by atoms with E-state index in [0.717, 1.165) is 0 Å². The van der Waals surface area contributed by atoms with Crippen LogP contribution in [-0.2, 0) is 19.8 Å². The van der Waals surface area contributed by atoms with Gasteiger partial charge in [0, 0.05) is 13.7 Å². The average molecular weight is 269 g/mol. The summed E-state index contributed by atoms with van der Waals surface area (Å²) >= 11 is 0. The predicted molar refractivity (Wildman–Crippen MR) is 70.3 cm³/mol. The van der Waals surface area contributed by atoms with E-state index < -0.39 is 11.5 Å². The Labute approximate surface area is 112 Å². The van der Waals surface area contributed by atoms with Gasteiger partial charge in [-0.3, -0.25) is 5.32 Å². The topological polar surface area (TPSA) is 47.6 Å². The zero-order valence-electron chi connectivity index (χ0n) is 11.5. The minimum Gasteiger partial charge on any atom is -0.467 e. The summed E-state index contributed by atoms with van der Waals surface area (Å²) < 4.78 is 22.9. The zero-order valence-corrected chi connectivity index (χ0v) is 11.5. The fraction of sp³-hybridized carbons (Fsp3) is 0.500. The quantitative estimate of drug-likeness (QED) is 0.606. The van der Waals surface area contributed by atoms with Crippen molar-refractivity contribution in [2.24, 2.45) is 0 Å². The number of hydrogen-bond donors (Lipinski definition) is 1. The summed E-state index contributed by atoms with van der Waals surface area (Å²) in [5, 5.41) is 3.15. The normalized spacial score (nSPS) is 13.9. The van der Waals surface area contributed by atoms with Crippen LogP contribution in [0.1, 0.15) is 18.9 Å². The number of methoxy groups -OCH3 is 2. The number of nitrogens with one attached hydrogen (secondary N) is 1. The SMILES string of the molecule is CCC(NCCOC)(C(=O)OC)c1ccc(F)cc1. The van der Waals surface area contributed by atoms with Crippen molar-refractivity contribution in [1.29, 1.82) is 0 Å². The number of rotatable bonds is 7. The van der Waals surface area contributed by atoms with Gasteiger partial charge in [0.05, 0.1) is 13.7 Å². The lowest BCUT2D eigenvalue weighted by atomic mass is 9.87. The van der Waals surface area contributed by atoms with Crippen molar-refractivity contribution < 1.29 is 18.7 Å². The van der Waals surface area contributed by atoms with E-state index in [1.165, 1.54) is 19.2 Å². The van der Waals surface area contributed by atoms with E-state index in [1.807, 2.05) is 6.92 Å². The summed E-state index contributed by atoms with van der Waals surface area (Å²) in [7, 11) is 2.93. The van der Waals surface area contributed by atoms with Gasteiger partial charge in [0.25, 0.3) is 0 Å².